The van der Waals surface area contributed by atoms with Gasteiger partial charge in [0.1, 0.15) is 5.75 Å². The molecule has 2 saturated heterocycles. The van der Waals surface area contributed by atoms with E-state index in [2.05, 4.69) is 44.3 Å². The number of nitrogens with one attached hydrogen (secondary N) is 2. The van der Waals surface area contributed by atoms with Crippen molar-refractivity contribution in [2.45, 2.75) is 51.6 Å². The number of likely N-dealkylation sites (tertiary alicyclic amines) is 1. The number of aromatic hydroxyl groups is 1. The van der Waals surface area contributed by atoms with E-state index < -0.39 is 0 Å². The fourth-order valence-corrected chi connectivity index (χ4v) is 5.18. The van der Waals surface area contributed by atoms with E-state index in [0.29, 0.717) is 17.3 Å². The van der Waals surface area contributed by atoms with E-state index in [9.17, 15) is 5.11 Å². The number of benzene rings is 1. The average Bonchev–Trinajstić information content (AvgIpc) is 3.17. The minimum absolute atomic E-state index is 0.212. The predicted molar refractivity (Wildman–Crippen MR) is 131 cm³/mol. The van der Waals surface area contributed by atoms with Crippen molar-refractivity contribution in [3.8, 4) is 17.0 Å². The number of anilines is 1. The van der Waals surface area contributed by atoms with Crippen LogP contribution in [0.5, 0.6) is 5.75 Å². The maximum atomic E-state index is 10.3. The van der Waals surface area contributed by atoms with Crippen molar-refractivity contribution in [1.29, 1.82) is 0 Å². The highest BCUT2D eigenvalue weighted by Gasteiger charge is 2.27. The quantitative estimate of drug-likeness (QED) is 0.529. The van der Waals surface area contributed by atoms with E-state index in [4.69, 9.17) is 5.10 Å². The molecule has 0 amide bonds. The molecular weight excluding hydrogens is 414 g/mol. The Labute approximate surface area is 195 Å². The predicted octanol–water partition coefficient (Wildman–Crippen LogP) is 3.66. The molecular formula is C25H35N7O. The topological polar surface area (TPSA) is 91.1 Å². The highest BCUT2D eigenvalue weighted by atomic mass is 16.3. The lowest BCUT2D eigenvalue weighted by Crippen LogP contribution is -2.40. The van der Waals surface area contributed by atoms with Gasteiger partial charge in [0, 0.05) is 31.2 Å². The van der Waals surface area contributed by atoms with Crippen LogP contribution in [-0.2, 0) is 0 Å². The van der Waals surface area contributed by atoms with Crippen LogP contribution in [0.1, 0.15) is 45.6 Å². The first-order chi connectivity index (χ1) is 16.1. The molecule has 2 aliphatic heterocycles. The minimum atomic E-state index is 0.212. The minimum Gasteiger partial charge on any atom is -0.507 e. The molecule has 0 saturated carbocycles. The monoisotopic (exact) mass is 449 g/mol. The maximum absolute atomic E-state index is 10.3. The Morgan fingerprint density at radius 3 is 2.58 bits per heavy atom. The van der Waals surface area contributed by atoms with Crippen molar-refractivity contribution in [2.75, 3.05) is 38.0 Å². The van der Waals surface area contributed by atoms with Gasteiger partial charge in [-0.15, -0.1) is 10.2 Å². The van der Waals surface area contributed by atoms with E-state index in [1.54, 1.807) is 6.07 Å². The second-order valence-corrected chi connectivity index (χ2v) is 9.80. The molecule has 3 aromatic rings. The van der Waals surface area contributed by atoms with Gasteiger partial charge in [-0.05, 0) is 76.7 Å². The summed E-state index contributed by atoms with van der Waals surface area (Å²) in [5.74, 6) is 1.82. The van der Waals surface area contributed by atoms with Gasteiger partial charge in [0.15, 0.2) is 11.3 Å². The van der Waals surface area contributed by atoms with Crippen molar-refractivity contribution in [2.24, 2.45) is 5.92 Å². The summed E-state index contributed by atoms with van der Waals surface area (Å²) in [7, 11) is 0. The number of rotatable bonds is 6. The van der Waals surface area contributed by atoms with E-state index in [1.165, 1.54) is 19.4 Å². The van der Waals surface area contributed by atoms with Crippen LogP contribution in [0.4, 0.5) is 5.82 Å². The Balaban J connectivity index is 1.40. The molecule has 1 aromatic carbocycles. The third-order valence-electron chi connectivity index (χ3n) is 6.94. The zero-order valence-electron chi connectivity index (χ0n) is 19.7. The second kappa shape index (κ2) is 9.65. The molecule has 0 bridgehead atoms. The number of para-hydroxylation sites is 1. The molecule has 33 heavy (non-hydrogen) atoms. The van der Waals surface area contributed by atoms with Gasteiger partial charge in [-0.1, -0.05) is 12.1 Å². The van der Waals surface area contributed by atoms with Gasteiger partial charge in [0.2, 0.25) is 0 Å². The fraction of sp³-hybridized carbons (Fsp3) is 0.560. The van der Waals surface area contributed by atoms with Crippen LogP contribution in [0.15, 0.2) is 30.3 Å². The number of piperidine rings is 2. The number of fused-ring (bicyclic) bond motifs is 1. The standard InChI is InChI=1S/C25H35N7O/c1-17(2)27-25-24-22(15-21(28-29-24)20-5-3-4-6-23(20)33)32(30-25)19-9-13-31(14-10-19)16-18-7-11-26-12-8-18/h3-6,15,17-19,26,33H,7-14,16H2,1-2H3,(H,27,30). The second-order valence-electron chi connectivity index (χ2n) is 9.80. The van der Waals surface area contributed by atoms with Gasteiger partial charge < -0.3 is 20.6 Å². The SMILES string of the molecule is CC(C)Nc1nn(C2CCN(CC3CCNCC3)CC2)c2cc(-c3ccccc3O)nnc12. The molecule has 176 valence electrons. The number of aromatic nitrogens is 4. The molecule has 0 atom stereocenters. The van der Waals surface area contributed by atoms with E-state index in [-0.39, 0.29) is 11.8 Å². The lowest BCUT2D eigenvalue weighted by atomic mass is 9.96. The van der Waals surface area contributed by atoms with Gasteiger partial charge in [-0.3, -0.25) is 4.68 Å². The molecule has 0 aliphatic carbocycles. The summed E-state index contributed by atoms with van der Waals surface area (Å²) in [6.07, 6.45) is 4.75. The molecule has 8 nitrogen and oxygen atoms in total. The summed E-state index contributed by atoms with van der Waals surface area (Å²) in [5.41, 5.74) is 3.12. The van der Waals surface area contributed by atoms with Gasteiger partial charge in [0.05, 0.1) is 17.3 Å². The summed E-state index contributed by atoms with van der Waals surface area (Å²) in [4.78, 5) is 2.64. The molecule has 8 heteroatoms. The van der Waals surface area contributed by atoms with Gasteiger partial charge in [-0.2, -0.15) is 5.10 Å². The fourth-order valence-electron chi connectivity index (χ4n) is 5.18. The smallest absolute Gasteiger partial charge is 0.176 e. The molecule has 4 heterocycles. The van der Waals surface area contributed by atoms with E-state index in [0.717, 1.165) is 61.8 Å². The Morgan fingerprint density at radius 1 is 1.09 bits per heavy atom. The summed E-state index contributed by atoms with van der Waals surface area (Å²) in [6.45, 7) is 9.96. The van der Waals surface area contributed by atoms with Gasteiger partial charge in [-0.25, -0.2) is 0 Å². The number of nitrogens with zero attached hydrogens (tertiary/aromatic N) is 5. The van der Waals surface area contributed by atoms with Crippen LogP contribution < -0.4 is 10.6 Å². The summed E-state index contributed by atoms with van der Waals surface area (Å²) in [5, 5.41) is 31.2. The zero-order valence-corrected chi connectivity index (χ0v) is 19.7. The average molecular weight is 450 g/mol. The van der Waals surface area contributed by atoms with Crippen molar-refractivity contribution in [3.05, 3.63) is 30.3 Å². The number of phenols is 1. The molecule has 5 rings (SSSR count). The molecule has 2 fully saturated rings. The van der Waals surface area contributed by atoms with Gasteiger partial charge >= 0.3 is 0 Å². The highest BCUT2D eigenvalue weighted by molar-refractivity contribution is 5.88. The highest BCUT2D eigenvalue weighted by Crippen LogP contribution is 2.33. The molecule has 2 aromatic heterocycles. The molecule has 0 spiro atoms. The number of phenolic OH excluding ortho intramolecular Hbond substituents is 1. The zero-order chi connectivity index (χ0) is 22.8. The third kappa shape index (κ3) is 4.82. The van der Waals surface area contributed by atoms with Crippen molar-refractivity contribution >= 4 is 16.9 Å². The van der Waals surface area contributed by atoms with Crippen molar-refractivity contribution < 1.29 is 5.11 Å². The largest absolute Gasteiger partial charge is 0.507 e. The maximum Gasteiger partial charge on any atom is 0.176 e. The Hall–Kier alpha value is -2.71. The van der Waals surface area contributed by atoms with Crippen molar-refractivity contribution in [1.82, 2.24) is 30.2 Å². The van der Waals surface area contributed by atoms with Crippen LogP contribution in [0, 0.1) is 5.92 Å². The van der Waals surface area contributed by atoms with Crippen LogP contribution in [0.2, 0.25) is 0 Å². The molecule has 2 aliphatic rings. The number of hydrogen-bond acceptors (Lipinski definition) is 7. The molecule has 3 N–H and O–H groups in total. The normalized spacial score (nSPS) is 18.9. The van der Waals surface area contributed by atoms with Crippen molar-refractivity contribution in [3.63, 3.8) is 0 Å². The van der Waals surface area contributed by atoms with Crippen LogP contribution in [0.25, 0.3) is 22.3 Å². The first kappa shape index (κ1) is 22.1. The van der Waals surface area contributed by atoms with Crippen LogP contribution >= 0.6 is 0 Å². The first-order valence-corrected chi connectivity index (χ1v) is 12.3. The first-order valence-electron chi connectivity index (χ1n) is 12.3. The lowest BCUT2D eigenvalue weighted by molar-refractivity contribution is 0.148. The number of hydrogen-bond donors (Lipinski definition) is 3. The van der Waals surface area contributed by atoms with Crippen LogP contribution in [-0.4, -0.2) is 68.7 Å². The molecule has 0 unspecified atom stereocenters. The molecule has 0 radical (unpaired) electrons. The Morgan fingerprint density at radius 2 is 1.85 bits per heavy atom. The summed E-state index contributed by atoms with van der Waals surface area (Å²) < 4.78 is 2.15. The lowest BCUT2D eigenvalue weighted by Gasteiger charge is -2.35. The van der Waals surface area contributed by atoms with Crippen LogP contribution in [0.3, 0.4) is 0 Å². The van der Waals surface area contributed by atoms with E-state index >= 15 is 0 Å². The van der Waals surface area contributed by atoms with Gasteiger partial charge in [0.25, 0.3) is 0 Å². The Bertz CT molecular complexity index is 1080. The third-order valence-corrected chi connectivity index (χ3v) is 6.94. The Kier molecular flexibility index (Phi) is 6.46. The summed E-state index contributed by atoms with van der Waals surface area (Å²) in [6, 6.07) is 9.89. The van der Waals surface area contributed by atoms with E-state index in [1.807, 2.05) is 24.3 Å². The summed E-state index contributed by atoms with van der Waals surface area (Å²) >= 11 is 0.